The number of aliphatic hydroxyl groups excluding tert-OH is 1. The Labute approximate surface area is 216 Å². The molecular formula is C24H27Cl2F3N2O5. The van der Waals surface area contributed by atoms with Crippen LogP contribution in [0.25, 0.3) is 0 Å². The van der Waals surface area contributed by atoms with Gasteiger partial charge in [-0.1, -0.05) is 41.4 Å². The van der Waals surface area contributed by atoms with Crippen LogP contribution >= 0.6 is 23.2 Å². The maximum atomic E-state index is 13.0. The molecule has 2 amide bonds. The molecule has 0 heterocycles. The number of aliphatic hydroxyl groups is 1. The van der Waals surface area contributed by atoms with Crippen molar-refractivity contribution >= 4 is 35.2 Å². The zero-order chi connectivity index (χ0) is 27.1. The van der Waals surface area contributed by atoms with E-state index in [1.54, 1.807) is 30.3 Å². The molecular weight excluding hydrogens is 524 g/mol. The largest absolute Gasteiger partial charge is 0.497 e. The smallest absolute Gasteiger partial charge is 0.405 e. The van der Waals surface area contributed by atoms with E-state index in [4.69, 9.17) is 27.9 Å². The molecule has 0 aliphatic heterocycles. The van der Waals surface area contributed by atoms with Gasteiger partial charge in [-0.3, -0.25) is 4.79 Å². The van der Waals surface area contributed by atoms with E-state index in [1.165, 1.54) is 26.3 Å². The van der Waals surface area contributed by atoms with Crippen LogP contribution in [-0.2, 0) is 10.2 Å². The number of amides is 2. The second-order valence-corrected chi connectivity index (χ2v) is 9.13. The Morgan fingerprint density at radius 3 is 2.39 bits per heavy atom. The van der Waals surface area contributed by atoms with Gasteiger partial charge in [0.15, 0.2) is 0 Å². The summed E-state index contributed by atoms with van der Waals surface area (Å²) < 4.78 is 44.2. The maximum Gasteiger partial charge on any atom is 0.405 e. The van der Waals surface area contributed by atoms with Crippen LogP contribution in [-0.4, -0.2) is 60.6 Å². The van der Waals surface area contributed by atoms with Crippen molar-refractivity contribution in [2.24, 2.45) is 0 Å². The summed E-state index contributed by atoms with van der Waals surface area (Å²) in [6, 6.07) is 9.95. The van der Waals surface area contributed by atoms with Crippen LogP contribution in [0.5, 0.6) is 5.75 Å². The minimum Gasteiger partial charge on any atom is -0.497 e. The molecule has 0 saturated carbocycles. The SMILES string of the molecule is COc1cccc(C(NC(=O)O)[C@](CCCO)(CN(C)C(=O)CC(F)(F)F)c2ccc(Cl)c(Cl)c2)c1. The van der Waals surface area contributed by atoms with E-state index in [0.717, 1.165) is 4.90 Å². The Balaban J connectivity index is 2.79. The molecule has 0 saturated heterocycles. The van der Waals surface area contributed by atoms with Gasteiger partial charge in [0.05, 0.1) is 23.2 Å². The summed E-state index contributed by atoms with van der Waals surface area (Å²) in [5.41, 5.74) is -0.520. The first-order valence-corrected chi connectivity index (χ1v) is 11.6. The molecule has 0 aliphatic carbocycles. The number of hydrogen-bond acceptors (Lipinski definition) is 4. The van der Waals surface area contributed by atoms with Gasteiger partial charge in [-0.15, -0.1) is 0 Å². The van der Waals surface area contributed by atoms with Gasteiger partial charge >= 0.3 is 12.3 Å². The van der Waals surface area contributed by atoms with Crippen molar-refractivity contribution in [3.8, 4) is 5.75 Å². The van der Waals surface area contributed by atoms with E-state index >= 15 is 0 Å². The molecule has 36 heavy (non-hydrogen) atoms. The number of likely N-dealkylation sites (N-methyl/N-ethyl adjacent to an activating group) is 1. The van der Waals surface area contributed by atoms with Crippen molar-refractivity contribution in [1.29, 1.82) is 0 Å². The average molecular weight is 551 g/mol. The first-order chi connectivity index (χ1) is 16.8. The van der Waals surface area contributed by atoms with Gasteiger partial charge < -0.3 is 25.2 Å². The monoisotopic (exact) mass is 550 g/mol. The Morgan fingerprint density at radius 2 is 1.83 bits per heavy atom. The summed E-state index contributed by atoms with van der Waals surface area (Å²) >= 11 is 12.4. The van der Waals surface area contributed by atoms with Crippen LogP contribution in [0.1, 0.15) is 36.4 Å². The second kappa shape index (κ2) is 12.5. The minimum atomic E-state index is -4.73. The highest BCUT2D eigenvalue weighted by atomic mass is 35.5. The molecule has 198 valence electrons. The molecule has 0 bridgehead atoms. The van der Waals surface area contributed by atoms with Crippen LogP contribution in [0.4, 0.5) is 18.0 Å². The summed E-state index contributed by atoms with van der Waals surface area (Å²) in [5.74, 6) is -0.785. The number of ether oxygens (including phenoxy) is 1. The predicted molar refractivity (Wildman–Crippen MR) is 130 cm³/mol. The number of carbonyl (C=O) groups is 2. The molecule has 1 unspecified atom stereocenters. The van der Waals surface area contributed by atoms with E-state index in [9.17, 15) is 33.0 Å². The van der Waals surface area contributed by atoms with E-state index in [2.05, 4.69) is 5.32 Å². The number of nitrogens with zero attached hydrogens (tertiary/aromatic N) is 1. The molecule has 0 radical (unpaired) electrons. The van der Waals surface area contributed by atoms with Crippen molar-refractivity contribution in [3.05, 3.63) is 63.6 Å². The molecule has 0 aromatic heterocycles. The molecule has 2 rings (SSSR count). The number of rotatable bonds is 11. The van der Waals surface area contributed by atoms with Gasteiger partial charge in [-0.25, -0.2) is 4.79 Å². The van der Waals surface area contributed by atoms with Crippen LogP contribution in [0.2, 0.25) is 10.0 Å². The number of benzene rings is 2. The first kappa shape index (κ1) is 29.5. The van der Waals surface area contributed by atoms with Crippen molar-refractivity contribution in [2.75, 3.05) is 27.3 Å². The van der Waals surface area contributed by atoms with Crippen LogP contribution in [0, 0.1) is 0 Å². The van der Waals surface area contributed by atoms with Crippen LogP contribution in [0.3, 0.4) is 0 Å². The second-order valence-electron chi connectivity index (χ2n) is 8.31. The summed E-state index contributed by atoms with van der Waals surface area (Å²) in [7, 11) is 2.64. The normalized spacial score (nSPS) is 14.0. The Morgan fingerprint density at radius 1 is 1.14 bits per heavy atom. The van der Waals surface area contributed by atoms with E-state index in [-0.39, 0.29) is 36.0 Å². The molecule has 2 aromatic rings. The first-order valence-electron chi connectivity index (χ1n) is 10.8. The molecule has 7 nitrogen and oxygen atoms in total. The lowest BCUT2D eigenvalue weighted by molar-refractivity contribution is -0.161. The van der Waals surface area contributed by atoms with E-state index < -0.39 is 36.1 Å². The van der Waals surface area contributed by atoms with E-state index in [1.807, 2.05) is 0 Å². The van der Waals surface area contributed by atoms with E-state index in [0.29, 0.717) is 16.9 Å². The molecule has 2 aromatic carbocycles. The quantitative estimate of drug-likeness (QED) is 0.346. The molecule has 3 N–H and O–H groups in total. The highest BCUT2D eigenvalue weighted by Gasteiger charge is 2.45. The topological polar surface area (TPSA) is 99.1 Å². The number of hydrogen-bond donors (Lipinski definition) is 3. The highest BCUT2D eigenvalue weighted by Crippen LogP contribution is 2.44. The standard InChI is InChI=1S/C24H27Cl2F3N2O5/c1-31(20(33)13-24(27,28)29)14-23(9-4-10-32,16-7-8-18(25)19(26)12-16)21(30-22(34)35)15-5-3-6-17(11-15)36-2/h3,5-8,11-12,21,30,32H,4,9-10,13-14H2,1-2H3,(H,34,35)/t21?,23-/m1/s1. The Bertz CT molecular complexity index is 1070. The number of carboxylic acid groups (broad SMARTS) is 1. The van der Waals surface area contributed by atoms with Crippen molar-refractivity contribution in [3.63, 3.8) is 0 Å². The zero-order valence-corrected chi connectivity index (χ0v) is 21.1. The number of alkyl halides is 3. The highest BCUT2D eigenvalue weighted by molar-refractivity contribution is 6.42. The Hall–Kier alpha value is -2.69. The number of nitrogens with one attached hydrogen (secondary N) is 1. The Kier molecular flexibility index (Phi) is 10.3. The van der Waals surface area contributed by atoms with Gasteiger partial charge in [0, 0.05) is 25.6 Å². The average Bonchev–Trinajstić information content (AvgIpc) is 2.80. The van der Waals surface area contributed by atoms with Crippen molar-refractivity contribution in [1.82, 2.24) is 10.2 Å². The van der Waals surface area contributed by atoms with Gasteiger partial charge in [0.2, 0.25) is 5.91 Å². The number of methoxy groups -OCH3 is 1. The third-order valence-electron chi connectivity index (χ3n) is 5.82. The molecule has 0 spiro atoms. The third-order valence-corrected chi connectivity index (χ3v) is 6.56. The van der Waals surface area contributed by atoms with Crippen LogP contribution < -0.4 is 10.1 Å². The summed E-state index contributed by atoms with van der Waals surface area (Å²) in [6.07, 6.45) is -7.59. The van der Waals surface area contributed by atoms with Crippen molar-refractivity contribution in [2.45, 2.75) is 36.9 Å². The molecule has 2 atom stereocenters. The summed E-state index contributed by atoms with van der Waals surface area (Å²) in [4.78, 5) is 25.4. The van der Waals surface area contributed by atoms with Gasteiger partial charge in [0.1, 0.15) is 12.2 Å². The fourth-order valence-corrected chi connectivity index (χ4v) is 4.52. The fraction of sp³-hybridized carbons (Fsp3) is 0.417. The summed E-state index contributed by atoms with van der Waals surface area (Å²) in [5, 5.41) is 22.2. The lowest BCUT2D eigenvalue weighted by Gasteiger charge is -2.44. The fourth-order valence-electron chi connectivity index (χ4n) is 4.22. The lowest BCUT2D eigenvalue weighted by atomic mass is 9.68. The summed E-state index contributed by atoms with van der Waals surface area (Å²) in [6.45, 7) is -0.622. The molecule has 0 aliphatic rings. The molecule has 0 fully saturated rings. The van der Waals surface area contributed by atoms with Gasteiger partial charge in [-0.05, 0) is 48.2 Å². The predicted octanol–water partition coefficient (Wildman–Crippen LogP) is 5.43. The molecule has 12 heteroatoms. The van der Waals surface area contributed by atoms with Gasteiger partial charge in [-0.2, -0.15) is 13.2 Å². The third kappa shape index (κ3) is 7.65. The number of halogens is 5. The van der Waals surface area contributed by atoms with Crippen LogP contribution in [0.15, 0.2) is 42.5 Å². The lowest BCUT2D eigenvalue weighted by Crippen LogP contribution is -2.51. The minimum absolute atomic E-state index is 0.0766. The van der Waals surface area contributed by atoms with Crippen molar-refractivity contribution < 1.29 is 37.7 Å². The number of carbonyl (C=O) groups excluding carboxylic acids is 1. The van der Waals surface area contributed by atoms with Gasteiger partial charge in [0.25, 0.3) is 0 Å². The maximum absolute atomic E-state index is 13.0. The zero-order valence-electron chi connectivity index (χ0n) is 19.6.